The highest BCUT2D eigenvalue weighted by Crippen LogP contribution is 2.34. The van der Waals surface area contributed by atoms with Crippen LogP contribution in [0.25, 0.3) is 11.0 Å². The van der Waals surface area contributed by atoms with Gasteiger partial charge in [-0.05, 0) is 49.6 Å². The summed E-state index contributed by atoms with van der Waals surface area (Å²) in [7, 11) is 1.61. The fraction of sp³-hybridized carbons (Fsp3) is 0.444. The predicted molar refractivity (Wildman–Crippen MR) is 138 cm³/mol. The molecule has 2 aromatic heterocycles. The number of ether oxygens (including phenoxy) is 2. The molecule has 3 aromatic rings. The monoisotopic (exact) mass is 494 g/mol. The number of hydrogen-bond donors (Lipinski definition) is 1. The fourth-order valence-corrected chi connectivity index (χ4v) is 4.54. The number of hydrogen-bond acceptors (Lipinski definition) is 5. The van der Waals surface area contributed by atoms with Crippen LogP contribution in [0.15, 0.2) is 42.7 Å². The quantitative estimate of drug-likeness (QED) is 0.373. The number of nitrogens with zero attached hydrogens (tertiary/aromatic N) is 4. The first-order valence-electron chi connectivity index (χ1n) is 12.5. The Labute approximate surface area is 211 Å². The van der Waals surface area contributed by atoms with E-state index in [1.807, 2.05) is 35.2 Å². The lowest BCUT2D eigenvalue weighted by Crippen LogP contribution is -2.49. The van der Waals surface area contributed by atoms with E-state index in [4.69, 9.17) is 9.47 Å². The Kier molecular flexibility index (Phi) is 7.97. The number of carbonyl (C=O) groups excluding carboxylic acids is 1. The number of carboxylic acid groups (broad SMARTS) is 1. The first-order valence-corrected chi connectivity index (χ1v) is 12.5. The molecule has 192 valence electrons. The first-order chi connectivity index (χ1) is 17.4. The van der Waals surface area contributed by atoms with E-state index in [1.54, 1.807) is 35.9 Å². The average Bonchev–Trinajstić information content (AvgIpc) is 3.32. The Morgan fingerprint density at radius 2 is 2.00 bits per heavy atom. The lowest BCUT2D eigenvalue weighted by atomic mass is 10.1. The summed E-state index contributed by atoms with van der Waals surface area (Å²) in [6, 6.07) is 8.56. The number of pyridine rings is 1. The molecular weight excluding hydrogens is 460 g/mol. The molecule has 0 saturated carbocycles. The van der Waals surface area contributed by atoms with E-state index < -0.39 is 12.0 Å². The Morgan fingerprint density at radius 3 is 2.75 bits per heavy atom. The van der Waals surface area contributed by atoms with Crippen LogP contribution in [0.4, 0.5) is 10.5 Å². The van der Waals surface area contributed by atoms with Crippen LogP contribution >= 0.6 is 0 Å². The molecule has 1 atom stereocenters. The van der Waals surface area contributed by atoms with E-state index in [0.29, 0.717) is 43.4 Å². The summed E-state index contributed by atoms with van der Waals surface area (Å²) in [5.74, 6) is 0.367. The molecule has 0 aliphatic carbocycles. The van der Waals surface area contributed by atoms with Crippen LogP contribution in [0.2, 0.25) is 0 Å². The molecule has 1 aliphatic rings. The Morgan fingerprint density at radius 1 is 1.17 bits per heavy atom. The maximum absolute atomic E-state index is 13.5. The normalized spacial score (nSPS) is 14.8. The van der Waals surface area contributed by atoms with Gasteiger partial charge in [-0.25, -0.2) is 14.6 Å². The van der Waals surface area contributed by atoms with E-state index in [9.17, 15) is 14.7 Å². The molecule has 9 heteroatoms. The number of carboxylic acids is 1. The Bertz CT molecular complexity index is 1220. The fourth-order valence-electron chi connectivity index (χ4n) is 4.54. The van der Waals surface area contributed by atoms with Crippen molar-refractivity contribution in [2.75, 3.05) is 31.7 Å². The van der Waals surface area contributed by atoms with Crippen LogP contribution in [0.3, 0.4) is 0 Å². The zero-order chi connectivity index (χ0) is 25.7. The van der Waals surface area contributed by atoms with Crippen LogP contribution < -0.4 is 14.4 Å². The van der Waals surface area contributed by atoms with Gasteiger partial charge in [-0.2, -0.15) is 0 Å². The minimum absolute atomic E-state index is 0.0772. The summed E-state index contributed by atoms with van der Waals surface area (Å²) < 4.78 is 13.1. The largest absolute Gasteiger partial charge is 0.493 e. The second kappa shape index (κ2) is 11.3. The third-order valence-electron chi connectivity index (χ3n) is 6.62. The Balaban J connectivity index is 1.54. The van der Waals surface area contributed by atoms with Gasteiger partial charge in [0.1, 0.15) is 11.7 Å². The number of urea groups is 1. The standard InChI is InChI=1S/C27H34N4O5/c1-4-5-6-16-36-24-17-21(8-9-23(24)35-3)31-14-7-13-29(27(31)34)18-20-10-12-28-25-22(20)11-15-30(25)19(2)26(32)33/h8-12,15,17,19H,4-7,13-14,16,18H2,1-3H3,(H,32,33). The molecule has 0 spiro atoms. The van der Waals surface area contributed by atoms with Crippen molar-refractivity contribution in [3.8, 4) is 11.5 Å². The molecule has 1 fully saturated rings. The number of benzene rings is 1. The van der Waals surface area contributed by atoms with Crippen molar-refractivity contribution in [3.05, 3.63) is 48.3 Å². The van der Waals surface area contributed by atoms with Crippen molar-refractivity contribution in [2.24, 2.45) is 0 Å². The highest BCUT2D eigenvalue weighted by atomic mass is 16.5. The molecule has 4 rings (SSSR count). The molecular formula is C27H34N4O5. The third-order valence-corrected chi connectivity index (χ3v) is 6.62. The second-order valence-electron chi connectivity index (χ2n) is 9.04. The molecule has 1 saturated heterocycles. The lowest BCUT2D eigenvalue weighted by Gasteiger charge is -2.36. The van der Waals surface area contributed by atoms with Gasteiger partial charge in [-0.1, -0.05) is 19.8 Å². The number of aromatic nitrogens is 2. The van der Waals surface area contributed by atoms with Gasteiger partial charge in [0.25, 0.3) is 0 Å². The highest BCUT2D eigenvalue weighted by molar-refractivity contribution is 5.93. The predicted octanol–water partition coefficient (Wildman–Crippen LogP) is 5.09. The molecule has 2 amide bonds. The van der Waals surface area contributed by atoms with E-state index in [0.717, 1.165) is 42.3 Å². The number of methoxy groups -OCH3 is 1. The molecule has 0 bridgehead atoms. The van der Waals surface area contributed by atoms with E-state index in [2.05, 4.69) is 11.9 Å². The summed E-state index contributed by atoms with van der Waals surface area (Å²) >= 11 is 0. The summed E-state index contributed by atoms with van der Waals surface area (Å²) in [4.78, 5) is 33.0. The third kappa shape index (κ3) is 5.24. The number of fused-ring (bicyclic) bond motifs is 1. The smallest absolute Gasteiger partial charge is 0.326 e. The molecule has 1 N–H and O–H groups in total. The number of unbranched alkanes of at least 4 members (excludes halogenated alkanes) is 2. The second-order valence-corrected chi connectivity index (χ2v) is 9.04. The zero-order valence-electron chi connectivity index (χ0n) is 21.1. The van der Waals surface area contributed by atoms with E-state index in [-0.39, 0.29) is 6.03 Å². The van der Waals surface area contributed by atoms with Crippen LogP contribution in [0.5, 0.6) is 11.5 Å². The van der Waals surface area contributed by atoms with Crippen molar-refractivity contribution >= 4 is 28.7 Å². The number of amides is 2. The molecule has 3 heterocycles. The maximum Gasteiger partial charge on any atom is 0.326 e. The molecule has 1 unspecified atom stereocenters. The minimum atomic E-state index is -0.922. The van der Waals surface area contributed by atoms with Crippen LogP contribution in [-0.2, 0) is 11.3 Å². The van der Waals surface area contributed by atoms with Crippen molar-refractivity contribution in [1.29, 1.82) is 0 Å². The molecule has 9 nitrogen and oxygen atoms in total. The van der Waals surface area contributed by atoms with Crippen molar-refractivity contribution < 1.29 is 24.2 Å². The van der Waals surface area contributed by atoms with Gasteiger partial charge in [0.2, 0.25) is 0 Å². The molecule has 0 radical (unpaired) electrons. The van der Waals surface area contributed by atoms with Gasteiger partial charge >= 0.3 is 12.0 Å². The van der Waals surface area contributed by atoms with Gasteiger partial charge < -0.3 is 24.0 Å². The number of rotatable bonds is 11. The zero-order valence-corrected chi connectivity index (χ0v) is 21.1. The Hall–Kier alpha value is -3.75. The first kappa shape index (κ1) is 25.3. The van der Waals surface area contributed by atoms with Crippen LogP contribution in [-0.4, -0.2) is 58.4 Å². The summed E-state index contributed by atoms with van der Waals surface area (Å²) in [6.07, 6.45) is 7.42. The van der Waals surface area contributed by atoms with Crippen LogP contribution in [0.1, 0.15) is 51.1 Å². The number of anilines is 1. The number of aliphatic carboxylic acids is 1. The van der Waals surface area contributed by atoms with Gasteiger partial charge in [-0.3, -0.25) is 4.90 Å². The summed E-state index contributed by atoms with van der Waals surface area (Å²) in [6.45, 7) is 6.05. The van der Waals surface area contributed by atoms with Gasteiger partial charge in [0, 0.05) is 49.2 Å². The minimum Gasteiger partial charge on any atom is -0.493 e. The van der Waals surface area contributed by atoms with E-state index in [1.165, 1.54) is 0 Å². The summed E-state index contributed by atoms with van der Waals surface area (Å²) in [5, 5.41) is 10.3. The topological polar surface area (TPSA) is 97.1 Å². The maximum atomic E-state index is 13.5. The van der Waals surface area contributed by atoms with Gasteiger partial charge in [0.05, 0.1) is 13.7 Å². The lowest BCUT2D eigenvalue weighted by molar-refractivity contribution is -0.140. The van der Waals surface area contributed by atoms with Gasteiger partial charge in [0.15, 0.2) is 11.5 Å². The van der Waals surface area contributed by atoms with E-state index >= 15 is 0 Å². The highest BCUT2D eigenvalue weighted by Gasteiger charge is 2.28. The average molecular weight is 495 g/mol. The summed E-state index contributed by atoms with van der Waals surface area (Å²) in [5.41, 5.74) is 2.31. The molecule has 36 heavy (non-hydrogen) atoms. The van der Waals surface area contributed by atoms with Crippen molar-refractivity contribution in [1.82, 2.24) is 14.5 Å². The van der Waals surface area contributed by atoms with Crippen molar-refractivity contribution in [3.63, 3.8) is 0 Å². The van der Waals surface area contributed by atoms with Crippen LogP contribution in [0, 0.1) is 0 Å². The van der Waals surface area contributed by atoms with Crippen molar-refractivity contribution in [2.45, 2.75) is 52.1 Å². The van der Waals surface area contributed by atoms with Gasteiger partial charge in [-0.15, -0.1) is 0 Å². The SMILES string of the molecule is CCCCCOc1cc(N2CCCN(Cc3ccnc4c3ccn4C(C)C(=O)O)C2=O)ccc1OC. The molecule has 1 aliphatic heterocycles. The molecule has 1 aromatic carbocycles. The number of carbonyl (C=O) groups is 2.